The van der Waals surface area contributed by atoms with Gasteiger partial charge in [0.1, 0.15) is 6.04 Å². The van der Waals surface area contributed by atoms with E-state index in [2.05, 4.69) is 10.1 Å². The van der Waals surface area contributed by atoms with Gasteiger partial charge in [0.25, 0.3) is 0 Å². The van der Waals surface area contributed by atoms with Gasteiger partial charge in [0.15, 0.2) is 0 Å². The van der Waals surface area contributed by atoms with Gasteiger partial charge in [-0.2, -0.15) is 0 Å². The van der Waals surface area contributed by atoms with E-state index < -0.39 is 24.0 Å². The van der Waals surface area contributed by atoms with E-state index in [0.29, 0.717) is 13.2 Å². The highest BCUT2D eigenvalue weighted by atomic mass is 16.5. The molecule has 8 heteroatoms. The lowest BCUT2D eigenvalue weighted by Crippen LogP contribution is -2.47. The Kier molecular flexibility index (Phi) is 9.11. The Morgan fingerprint density at radius 1 is 1.29 bits per heavy atom. The number of carbonyl (C=O) groups is 3. The third-order valence-corrected chi connectivity index (χ3v) is 2.69. The van der Waals surface area contributed by atoms with Gasteiger partial charge in [0.2, 0.25) is 0 Å². The number of nitrogens with one attached hydrogen (secondary N) is 1. The van der Waals surface area contributed by atoms with Gasteiger partial charge < -0.3 is 24.8 Å². The summed E-state index contributed by atoms with van der Waals surface area (Å²) < 4.78 is 9.75. The molecule has 0 bridgehead atoms. The Bertz CT molecular complexity index is 359. The molecule has 1 atom stereocenters. The number of methoxy groups -OCH3 is 1. The van der Waals surface area contributed by atoms with Gasteiger partial charge in [-0.25, -0.2) is 9.59 Å². The number of carboxylic acids is 1. The molecule has 2 amide bonds. The van der Waals surface area contributed by atoms with Crippen LogP contribution < -0.4 is 5.32 Å². The lowest BCUT2D eigenvalue weighted by atomic mass is 10.1. The Balaban J connectivity index is 4.26. The second-order valence-corrected chi connectivity index (χ2v) is 4.80. The monoisotopic (exact) mass is 304 g/mol. The lowest BCUT2D eigenvalue weighted by Gasteiger charge is -2.21. The van der Waals surface area contributed by atoms with E-state index in [1.165, 1.54) is 19.1 Å². The molecule has 0 aromatic heterocycles. The van der Waals surface area contributed by atoms with Crippen molar-refractivity contribution in [3.05, 3.63) is 0 Å². The number of aliphatic carboxylic acids is 1. The summed E-state index contributed by atoms with van der Waals surface area (Å²) in [5, 5.41) is 11.4. The quantitative estimate of drug-likeness (QED) is 0.600. The topological polar surface area (TPSA) is 105 Å². The smallest absolute Gasteiger partial charge is 0.326 e. The largest absolute Gasteiger partial charge is 0.480 e. The summed E-state index contributed by atoms with van der Waals surface area (Å²) >= 11 is 0. The Labute approximate surface area is 124 Å². The molecule has 0 saturated carbocycles. The van der Waals surface area contributed by atoms with Crippen molar-refractivity contribution >= 4 is 18.0 Å². The first-order valence-corrected chi connectivity index (χ1v) is 6.70. The number of likely N-dealkylation sites (N-methyl/N-ethyl adjacent to an activating group) is 1. The first-order valence-electron chi connectivity index (χ1n) is 6.70. The number of hydrogen-bond acceptors (Lipinski definition) is 5. The van der Waals surface area contributed by atoms with E-state index >= 15 is 0 Å². The van der Waals surface area contributed by atoms with Crippen LogP contribution in [0.5, 0.6) is 0 Å². The number of hydrogen-bond donors (Lipinski definition) is 2. The van der Waals surface area contributed by atoms with E-state index in [9.17, 15) is 14.4 Å². The fourth-order valence-electron chi connectivity index (χ4n) is 1.41. The minimum Gasteiger partial charge on any atom is -0.480 e. The summed E-state index contributed by atoms with van der Waals surface area (Å²) in [4.78, 5) is 35.2. The highest BCUT2D eigenvalue weighted by Gasteiger charge is 2.22. The Hall–Kier alpha value is -1.83. The molecule has 21 heavy (non-hydrogen) atoms. The zero-order valence-electron chi connectivity index (χ0n) is 12.9. The number of nitrogens with zero attached hydrogens (tertiary/aromatic N) is 1. The molecular weight excluding hydrogens is 280 g/mol. The Morgan fingerprint density at radius 2 is 1.90 bits per heavy atom. The number of urea groups is 1. The molecular formula is C13H24N2O6. The van der Waals surface area contributed by atoms with Crippen LogP contribution in [0.1, 0.15) is 26.7 Å². The molecule has 0 aliphatic heterocycles. The number of carbonyl (C=O) groups excluding carboxylic acids is 2. The molecule has 0 fully saturated rings. The molecule has 2 N–H and O–H groups in total. The molecule has 0 saturated heterocycles. The van der Waals surface area contributed by atoms with E-state index in [0.717, 1.165) is 0 Å². The van der Waals surface area contributed by atoms with Crippen LogP contribution in [0.3, 0.4) is 0 Å². The van der Waals surface area contributed by atoms with Crippen molar-refractivity contribution in [1.29, 1.82) is 0 Å². The van der Waals surface area contributed by atoms with E-state index in [-0.39, 0.29) is 18.9 Å². The lowest BCUT2D eigenvalue weighted by molar-refractivity contribution is -0.142. The van der Waals surface area contributed by atoms with Crippen LogP contribution in [-0.2, 0) is 19.1 Å². The van der Waals surface area contributed by atoms with Crippen LogP contribution in [0.15, 0.2) is 0 Å². The van der Waals surface area contributed by atoms with E-state index in [1.807, 2.05) is 13.8 Å². The Morgan fingerprint density at radius 3 is 2.38 bits per heavy atom. The summed E-state index contributed by atoms with van der Waals surface area (Å²) in [6.07, 6.45) is -0.0360. The highest BCUT2D eigenvalue weighted by molar-refractivity contribution is 5.83. The zero-order valence-corrected chi connectivity index (χ0v) is 12.9. The molecule has 8 nitrogen and oxygen atoms in total. The normalized spacial score (nSPS) is 11.9. The average molecular weight is 304 g/mol. The minimum atomic E-state index is -1.20. The molecule has 0 heterocycles. The molecule has 0 spiro atoms. The standard InChI is InChI=1S/C13H24N2O6/c1-9(2)21-8-7-15(3)13(19)14-10(12(17)18)5-6-11(16)20-4/h9-10H,5-8H2,1-4H3,(H,14,19)(H,17,18)/t10-/m0/s1. The predicted octanol–water partition coefficient (Wildman–Crippen LogP) is 0.459. The molecule has 0 aromatic carbocycles. The van der Waals surface area contributed by atoms with Crippen molar-refractivity contribution in [3.63, 3.8) is 0 Å². The van der Waals surface area contributed by atoms with Crippen molar-refractivity contribution in [2.45, 2.75) is 38.8 Å². The maximum Gasteiger partial charge on any atom is 0.326 e. The van der Waals surface area contributed by atoms with Gasteiger partial charge >= 0.3 is 18.0 Å². The molecule has 0 aromatic rings. The molecule has 122 valence electrons. The van der Waals surface area contributed by atoms with E-state index in [4.69, 9.17) is 9.84 Å². The number of amides is 2. The van der Waals surface area contributed by atoms with Crippen LogP contribution in [0.2, 0.25) is 0 Å². The summed E-state index contributed by atoms with van der Waals surface area (Å²) in [7, 11) is 2.76. The third-order valence-electron chi connectivity index (χ3n) is 2.69. The molecule has 0 aliphatic carbocycles. The van der Waals surface area contributed by atoms with Crippen LogP contribution in [0.4, 0.5) is 4.79 Å². The number of carboxylic acid groups (broad SMARTS) is 1. The third kappa shape index (κ3) is 8.85. The number of ether oxygens (including phenoxy) is 2. The second-order valence-electron chi connectivity index (χ2n) is 4.80. The maximum absolute atomic E-state index is 11.8. The summed E-state index contributed by atoms with van der Waals surface area (Å²) in [5.74, 6) is -1.71. The van der Waals surface area contributed by atoms with Gasteiger partial charge in [0.05, 0.1) is 19.8 Å². The fraction of sp³-hybridized carbons (Fsp3) is 0.769. The zero-order chi connectivity index (χ0) is 16.4. The van der Waals surface area contributed by atoms with E-state index in [1.54, 1.807) is 0 Å². The van der Waals surface area contributed by atoms with Crippen LogP contribution >= 0.6 is 0 Å². The van der Waals surface area contributed by atoms with Crippen molar-refractivity contribution in [2.75, 3.05) is 27.3 Å². The summed E-state index contributed by atoms with van der Waals surface area (Å²) in [6.45, 7) is 4.47. The van der Waals surface area contributed by atoms with Gasteiger partial charge in [-0.15, -0.1) is 0 Å². The molecule has 0 unspecified atom stereocenters. The van der Waals surface area contributed by atoms with Gasteiger partial charge in [-0.3, -0.25) is 4.79 Å². The van der Waals surface area contributed by atoms with Crippen molar-refractivity contribution in [3.8, 4) is 0 Å². The minimum absolute atomic E-state index is 0.0237. The van der Waals surface area contributed by atoms with Crippen molar-refractivity contribution < 1.29 is 29.0 Å². The number of esters is 1. The van der Waals surface area contributed by atoms with Crippen molar-refractivity contribution in [2.24, 2.45) is 0 Å². The number of rotatable bonds is 9. The molecule has 0 radical (unpaired) electrons. The predicted molar refractivity (Wildman–Crippen MR) is 74.9 cm³/mol. The van der Waals surface area contributed by atoms with Crippen molar-refractivity contribution in [1.82, 2.24) is 10.2 Å². The van der Waals surface area contributed by atoms with Crippen LogP contribution in [0, 0.1) is 0 Å². The molecule has 0 rings (SSSR count). The second kappa shape index (κ2) is 9.98. The van der Waals surface area contributed by atoms with Gasteiger partial charge in [-0.1, -0.05) is 0 Å². The van der Waals surface area contributed by atoms with Gasteiger partial charge in [-0.05, 0) is 20.3 Å². The average Bonchev–Trinajstić information content (AvgIpc) is 2.41. The fourth-order valence-corrected chi connectivity index (χ4v) is 1.41. The highest BCUT2D eigenvalue weighted by Crippen LogP contribution is 2.01. The first kappa shape index (κ1) is 19.2. The summed E-state index contributed by atoms with van der Waals surface area (Å²) in [6, 6.07) is -1.66. The summed E-state index contributed by atoms with van der Waals surface area (Å²) in [5.41, 5.74) is 0. The molecule has 0 aliphatic rings. The first-order chi connectivity index (χ1) is 9.77. The maximum atomic E-state index is 11.8. The van der Waals surface area contributed by atoms with Crippen LogP contribution in [-0.4, -0.2) is 67.4 Å². The van der Waals surface area contributed by atoms with Crippen LogP contribution in [0.25, 0.3) is 0 Å². The SMILES string of the molecule is COC(=O)CC[C@H](NC(=O)N(C)CCOC(C)C)C(=O)O. The van der Waals surface area contributed by atoms with Gasteiger partial charge in [0, 0.05) is 20.0 Å².